The number of hydrogen-bond acceptors (Lipinski definition) is 9. The number of nitrogens with zero attached hydrogens (tertiary/aromatic N) is 4. The van der Waals surface area contributed by atoms with Crippen LogP contribution in [0.25, 0.3) is 22.0 Å². The number of halogens is 3. The summed E-state index contributed by atoms with van der Waals surface area (Å²) in [6.45, 7) is 4.10. The van der Waals surface area contributed by atoms with E-state index < -0.39 is 40.1 Å². The molecule has 2 fully saturated rings. The van der Waals surface area contributed by atoms with Gasteiger partial charge in [0.2, 0.25) is 11.8 Å². The van der Waals surface area contributed by atoms with E-state index in [1.807, 2.05) is 56.4 Å². The smallest absolute Gasteiger partial charge is 0.329 e. The first-order chi connectivity index (χ1) is 28.4. The van der Waals surface area contributed by atoms with Crippen molar-refractivity contribution >= 4 is 51.9 Å². The molecule has 2 atom stereocenters. The summed E-state index contributed by atoms with van der Waals surface area (Å²) in [6, 6.07) is 18.7. The molecule has 308 valence electrons. The number of rotatable bonds is 12. The Kier molecular flexibility index (Phi) is 10.9. The van der Waals surface area contributed by atoms with Gasteiger partial charge >= 0.3 is 6.03 Å². The van der Waals surface area contributed by atoms with Gasteiger partial charge in [0.15, 0.2) is 23.0 Å². The minimum atomic E-state index is -1.09. The zero-order valence-corrected chi connectivity index (χ0v) is 33.3. The Morgan fingerprint density at radius 3 is 2.56 bits per heavy atom. The molecule has 3 aliphatic heterocycles. The van der Waals surface area contributed by atoms with E-state index in [0.717, 1.165) is 48.1 Å². The summed E-state index contributed by atoms with van der Waals surface area (Å²) in [5, 5.41) is 20.5. The van der Waals surface area contributed by atoms with Crippen LogP contribution in [0.2, 0.25) is 5.02 Å². The Morgan fingerprint density at radius 1 is 1.08 bits per heavy atom. The van der Waals surface area contributed by atoms with Gasteiger partial charge in [0.05, 0.1) is 28.4 Å². The summed E-state index contributed by atoms with van der Waals surface area (Å²) < 4.78 is 46.1. The summed E-state index contributed by atoms with van der Waals surface area (Å²) in [7, 11) is 1.86. The highest BCUT2D eigenvalue weighted by molar-refractivity contribution is 6.34. The van der Waals surface area contributed by atoms with E-state index in [1.54, 1.807) is 4.68 Å². The second-order valence-corrected chi connectivity index (χ2v) is 15.6. The molecule has 4 aromatic carbocycles. The first kappa shape index (κ1) is 40.0. The lowest BCUT2D eigenvalue weighted by Crippen LogP contribution is -2.49. The standard InChI is InChI=1S/C43H44ClF2N7O6/c1-24-34-32(21-29(45)37(44)36(34)35-27(40(47)56)11-12-31(38(35)46)58-20-19-54)59-43(24,26-7-4-3-5-8-26)23-48-22-25-13-16-52(17-14-25)30-10-6-9-28-39(30)51(2)50-41(28)53-18-15-33(55)49-42(53)57/h3-12,21,24-25,48,54H,13-20,22-23H2,1-2H3,(H2,47,56)(H,49,55,57). The van der Waals surface area contributed by atoms with Crippen LogP contribution in [0.1, 0.15) is 53.6 Å². The number of urea groups is 1. The predicted molar refractivity (Wildman–Crippen MR) is 219 cm³/mol. The van der Waals surface area contributed by atoms with Crippen LogP contribution in [0.15, 0.2) is 66.7 Å². The number of benzene rings is 4. The van der Waals surface area contributed by atoms with Crippen molar-refractivity contribution in [3.8, 4) is 22.6 Å². The number of aliphatic hydroxyl groups is 1. The van der Waals surface area contributed by atoms with Crippen LogP contribution in [0, 0.1) is 17.6 Å². The van der Waals surface area contributed by atoms with Crippen molar-refractivity contribution in [2.45, 2.75) is 37.7 Å². The molecule has 3 aliphatic rings. The Bertz CT molecular complexity index is 2460. The summed E-state index contributed by atoms with van der Waals surface area (Å²) >= 11 is 6.69. The van der Waals surface area contributed by atoms with Gasteiger partial charge in [-0.25, -0.2) is 13.6 Å². The number of fused-ring (bicyclic) bond motifs is 2. The van der Waals surface area contributed by atoms with Gasteiger partial charge < -0.3 is 30.5 Å². The van der Waals surface area contributed by atoms with Crippen LogP contribution >= 0.6 is 11.6 Å². The number of para-hydroxylation sites is 1. The maximum atomic E-state index is 16.4. The molecule has 13 nitrogen and oxygen atoms in total. The second kappa shape index (κ2) is 16.1. The van der Waals surface area contributed by atoms with Crippen molar-refractivity contribution in [2.75, 3.05) is 55.7 Å². The molecule has 0 aliphatic carbocycles. The SMILES string of the molecule is CC1c2c(cc(F)c(Cl)c2-c2c(C(N)=O)ccc(OCCO)c2F)OC1(CNCC1CCN(c2cccc3c(N4CCC(=O)NC4=O)nn(C)c23)CC1)c1ccccc1. The molecule has 5 aromatic rings. The third-order valence-corrected chi connectivity index (χ3v) is 12.2. The van der Waals surface area contributed by atoms with Crippen LogP contribution in [-0.2, 0) is 17.4 Å². The lowest BCUT2D eigenvalue weighted by molar-refractivity contribution is -0.120. The number of piperidine rings is 1. The average molecular weight is 828 g/mol. The van der Waals surface area contributed by atoms with E-state index in [-0.39, 0.29) is 60.3 Å². The molecule has 0 saturated carbocycles. The van der Waals surface area contributed by atoms with E-state index >= 15 is 8.78 Å². The van der Waals surface area contributed by atoms with Gasteiger partial charge in [-0.15, -0.1) is 0 Å². The van der Waals surface area contributed by atoms with Gasteiger partial charge in [-0.3, -0.25) is 24.5 Å². The molecule has 2 saturated heterocycles. The van der Waals surface area contributed by atoms with Crippen molar-refractivity contribution < 1.29 is 37.7 Å². The monoisotopic (exact) mass is 827 g/mol. The maximum Gasteiger partial charge on any atom is 0.329 e. The molecule has 0 radical (unpaired) electrons. The maximum absolute atomic E-state index is 16.4. The number of nitrogens with one attached hydrogen (secondary N) is 2. The number of ether oxygens (including phenoxy) is 2. The molecule has 1 aromatic heterocycles. The summed E-state index contributed by atoms with van der Waals surface area (Å²) in [6.07, 6.45) is 1.97. The molecule has 4 heterocycles. The molecule has 16 heteroatoms. The number of imide groups is 1. The number of nitrogens with two attached hydrogens (primary N) is 1. The quantitative estimate of drug-likeness (QED) is 0.118. The first-order valence-electron chi connectivity index (χ1n) is 19.6. The van der Waals surface area contributed by atoms with Crippen LogP contribution in [0.4, 0.5) is 25.1 Å². The largest absolute Gasteiger partial charge is 0.488 e. The summed E-state index contributed by atoms with van der Waals surface area (Å²) in [5.74, 6) is -2.88. The fourth-order valence-electron chi connectivity index (χ4n) is 8.85. The van der Waals surface area contributed by atoms with Crippen molar-refractivity contribution in [1.82, 2.24) is 20.4 Å². The summed E-state index contributed by atoms with van der Waals surface area (Å²) in [4.78, 5) is 41.0. The normalized spacial score (nSPS) is 19.5. The number of carbonyl (C=O) groups excluding carboxylic acids is 3. The highest BCUT2D eigenvalue weighted by Gasteiger charge is 2.50. The lowest BCUT2D eigenvalue weighted by Gasteiger charge is -2.37. The Hall–Kier alpha value is -5.77. The number of aliphatic hydroxyl groups excluding tert-OH is 1. The Labute approximate surface area is 344 Å². The average Bonchev–Trinajstić information content (AvgIpc) is 3.71. The van der Waals surface area contributed by atoms with E-state index in [0.29, 0.717) is 30.4 Å². The van der Waals surface area contributed by atoms with Crippen LogP contribution in [0.3, 0.4) is 0 Å². The van der Waals surface area contributed by atoms with E-state index in [9.17, 15) is 19.5 Å². The number of hydrogen-bond donors (Lipinski definition) is 4. The summed E-state index contributed by atoms with van der Waals surface area (Å²) in [5.41, 5.74) is 7.22. The molecular formula is C43H44ClF2N7O6. The molecule has 8 rings (SSSR count). The fourth-order valence-corrected chi connectivity index (χ4v) is 9.10. The third-order valence-electron chi connectivity index (χ3n) is 11.8. The molecule has 5 N–H and O–H groups in total. The molecule has 0 bridgehead atoms. The number of anilines is 2. The Morgan fingerprint density at radius 2 is 1.85 bits per heavy atom. The number of carbonyl (C=O) groups is 3. The fraction of sp³-hybridized carbons (Fsp3) is 0.349. The molecular weight excluding hydrogens is 784 g/mol. The molecule has 4 amide bonds. The second-order valence-electron chi connectivity index (χ2n) is 15.2. The Balaban J connectivity index is 1.03. The van der Waals surface area contributed by atoms with Gasteiger partial charge in [-0.05, 0) is 55.1 Å². The van der Waals surface area contributed by atoms with Crippen LogP contribution in [0.5, 0.6) is 11.5 Å². The van der Waals surface area contributed by atoms with Crippen molar-refractivity contribution in [1.29, 1.82) is 0 Å². The number of aromatic nitrogens is 2. The predicted octanol–water partition coefficient (Wildman–Crippen LogP) is 5.99. The first-order valence-corrected chi connectivity index (χ1v) is 20.0. The van der Waals surface area contributed by atoms with Gasteiger partial charge in [-0.2, -0.15) is 5.10 Å². The highest BCUT2D eigenvalue weighted by Crippen LogP contribution is 2.56. The molecule has 2 unspecified atom stereocenters. The van der Waals surface area contributed by atoms with Crippen LogP contribution in [-0.4, -0.2) is 78.7 Å². The van der Waals surface area contributed by atoms with E-state index in [2.05, 4.69) is 21.6 Å². The minimum absolute atomic E-state index is 0.0510. The van der Waals surface area contributed by atoms with Gasteiger partial charge in [0, 0.05) is 73.7 Å². The van der Waals surface area contributed by atoms with Crippen molar-refractivity contribution in [2.24, 2.45) is 18.7 Å². The van der Waals surface area contributed by atoms with E-state index in [1.165, 1.54) is 23.1 Å². The van der Waals surface area contributed by atoms with Gasteiger partial charge in [0.1, 0.15) is 18.2 Å². The number of primary amides is 1. The zero-order valence-electron chi connectivity index (χ0n) is 32.6. The number of amides is 4. The van der Waals surface area contributed by atoms with E-state index in [4.69, 9.17) is 31.9 Å². The number of aryl methyl sites for hydroxylation is 1. The van der Waals surface area contributed by atoms with Crippen molar-refractivity contribution in [3.63, 3.8) is 0 Å². The topological polar surface area (TPSA) is 164 Å². The van der Waals surface area contributed by atoms with Gasteiger partial charge in [-0.1, -0.05) is 54.9 Å². The van der Waals surface area contributed by atoms with Crippen molar-refractivity contribution in [3.05, 3.63) is 100 Å². The van der Waals surface area contributed by atoms with Crippen LogP contribution < -0.4 is 35.6 Å². The highest BCUT2D eigenvalue weighted by atomic mass is 35.5. The zero-order chi connectivity index (χ0) is 41.6. The minimum Gasteiger partial charge on any atom is -0.488 e. The molecule has 0 spiro atoms. The lowest BCUT2D eigenvalue weighted by atomic mass is 9.77. The third kappa shape index (κ3) is 7.10. The molecule has 59 heavy (non-hydrogen) atoms. The van der Waals surface area contributed by atoms with Gasteiger partial charge in [0.25, 0.3) is 0 Å².